The monoisotopic (exact) mass is 392 g/mol. The van der Waals surface area contributed by atoms with E-state index in [1.165, 1.54) is 0 Å². The van der Waals surface area contributed by atoms with Gasteiger partial charge in [-0.1, -0.05) is 19.1 Å². The van der Waals surface area contributed by atoms with Crippen molar-refractivity contribution in [3.63, 3.8) is 0 Å². The molecule has 2 aromatic rings. The van der Waals surface area contributed by atoms with Crippen LogP contribution < -0.4 is 10.2 Å². The van der Waals surface area contributed by atoms with E-state index in [1.54, 1.807) is 0 Å². The smallest absolute Gasteiger partial charge is 0.238 e. The third-order valence-electron chi connectivity index (χ3n) is 5.35. The van der Waals surface area contributed by atoms with E-state index in [2.05, 4.69) is 28.1 Å². The fourth-order valence-electron chi connectivity index (χ4n) is 3.53. The van der Waals surface area contributed by atoms with Crippen LogP contribution in [0.3, 0.4) is 0 Å². The Morgan fingerprint density at radius 1 is 1.17 bits per heavy atom. The quantitative estimate of drug-likeness (QED) is 0.782. The number of amides is 1. The standard InChI is InChI=1S/C23H28N4O2/c1-3-26(18(2)20-6-4-19(16-24)5-7-20)17-23(28)25-21-8-10-22(11-9-21)27-12-14-29-15-13-27/h4-11,18H,3,12-15,17H2,1-2H3,(H,25,28). The van der Waals surface area contributed by atoms with Crippen LogP contribution in [-0.2, 0) is 9.53 Å². The number of carbonyl (C=O) groups is 1. The Morgan fingerprint density at radius 2 is 1.83 bits per heavy atom. The van der Waals surface area contributed by atoms with Crippen molar-refractivity contribution in [2.45, 2.75) is 19.9 Å². The van der Waals surface area contributed by atoms with E-state index < -0.39 is 0 Å². The molecule has 1 amide bonds. The van der Waals surface area contributed by atoms with Gasteiger partial charge >= 0.3 is 0 Å². The van der Waals surface area contributed by atoms with Crippen LogP contribution in [0.5, 0.6) is 0 Å². The summed E-state index contributed by atoms with van der Waals surface area (Å²) in [7, 11) is 0. The number of hydrogen-bond donors (Lipinski definition) is 1. The lowest BCUT2D eigenvalue weighted by Crippen LogP contribution is -2.36. The molecule has 1 N–H and O–H groups in total. The second-order valence-electron chi connectivity index (χ2n) is 7.17. The van der Waals surface area contributed by atoms with E-state index >= 15 is 0 Å². The van der Waals surface area contributed by atoms with E-state index in [1.807, 2.05) is 55.5 Å². The van der Waals surface area contributed by atoms with E-state index in [-0.39, 0.29) is 11.9 Å². The van der Waals surface area contributed by atoms with Crippen LogP contribution in [0.25, 0.3) is 0 Å². The van der Waals surface area contributed by atoms with Crippen molar-refractivity contribution in [1.29, 1.82) is 5.26 Å². The summed E-state index contributed by atoms with van der Waals surface area (Å²) >= 11 is 0. The van der Waals surface area contributed by atoms with Gasteiger partial charge in [-0.25, -0.2) is 0 Å². The molecule has 0 spiro atoms. The van der Waals surface area contributed by atoms with Crippen LogP contribution in [0, 0.1) is 11.3 Å². The van der Waals surface area contributed by atoms with Crippen LogP contribution >= 0.6 is 0 Å². The molecular formula is C23H28N4O2. The lowest BCUT2D eigenvalue weighted by molar-refractivity contribution is -0.117. The number of likely N-dealkylation sites (N-methyl/N-ethyl adjacent to an activating group) is 1. The highest BCUT2D eigenvalue weighted by Gasteiger charge is 2.18. The molecule has 2 aromatic carbocycles. The second kappa shape index (κ2) is 10.1. The SMILES string of the molecule is CCN(CC(=O)Nc1ccc(N2CCOCC2)cc1)C(C)c1ccc(C#N)cc1. The molecular weight excluding hydrogens is 364 g/mol. The summed E-state index contributed by atoms with van der Waals surface area (Å²) in [5.74, 6) is -0.0357. The van der Waals surface area contributed by atoms with Crippen LogP contribution in [0.2, 0.25) is 0 Å². The zero-order valence-electron chi connectivity index (χ0n) is 17.1. The molecule has 152 valence electrons. The van der Waals surface area contributed by atoms with Gasteiger partial charge in [0.15, 0.2) is 0 Å². The Kier molecular flexibility index (Phi) is 7.23. The van der Waals surface area contributed by atoms with E-state index in [9.17, 15) is 4.79 Å². The van der Waals surface area contributed by atoms with Crippen molar-refractivity contribution in [2.24, 2.45) is 0 Å². The molecule has 29 heavy (non-hydrogen) atoms. The number of benzene rings is 2. The highest BCUT2D eigenvalue weighted by molar-refractivity contribution is 5.92. The van der Waals surface area contributed by atoms with E-state index in [0.717, 1.165) is 49.8 Å². The van der Waals surface area contributed by atoms with Crippen molar-refractivity contribution in [3.05, 3.63) is 59.7 Å². The average Bonchev–Trinajstić information content (AvgIpc) is 2.78. The minimum absolute atomic E-state index is 0.0357. The first-order valence-corrected chi connectivity index (χ1v) is 10.1. The lowest BCUT2D eigenvalue weighted by Gasteiger charge is -2.29. The Labute approximate surface area is 172 Å². The molecule has 1 unspecified atom stereocenters. The van der Waals surface area contributed by atoms with Gasteiger partial charge in [-0.05, 0) is 55.4 Å². The third-order valence-corrected chi connectivity index (χ3v) is 5.35. The topological polar surface area (TPSA) is 68.6 Å². The van der Waals surface area contributed by atoms with Crippen molar-refractivity contribution in [3.8, 4) is 6.07 Å². The summed E-state index contributed by atoms with van der Waals surface area (Å²) in [5, 5.41) is 11.9. The fourth-order valence-corrected chi connectivity index (χ4v) is 3.53. The lowest BCUT2D eigenvalue weighted by atomic mass is 10.0. The normalized spacial score (nSPS) is 15.0. The molecule has 1 saturated heterocycles. The van der Waals surface area contributed by atoms with Gasteiger partial charge in [0.2, 0.25) is 5.91 Å². The number of nitrogens with one attached hydrogen (secondary N) is 1. The molecule has 1 aliphatic rings. The van der Waals surface area contributed by atoms with Crippen LogP contribution in [0.4, 0.5) is 11.4 Å². The first kappa shape index (κ1) is 20.8. The van der Waals surface area contributed by atoms with E-state index in [0.29, 0.717) is 12.1 Å². The number of nitriles is 1. The van der Waals surface area contributed by atoms with Gasteiger partial charge in [-0.15, -0.1) is 0 Å². The second-order valence-corrected chi connectivity index (χ2v) is 7.17. The summed E-state index contributed by atoms with van der Waals surface area (Å²) in [5.41, 5.74) is 3.68. The molecule has 0 aliphatic carbocycles. The maximum absolute atomic E-state index is 12.6. The minimum Gasteiger partial charge on any atom is -0.378 e. The Balaban J connectivity index is 1.57. The highest BCUT2D eigenvalue weighted by atomic mass is 16.5. The number of carbonyl (C=O) groups excluding carboxylic acids is 1. The zero-order chi connectivity index (χ0) is 20.6. The predicted octanol–water partition coefficient (Wildman–Crippen LogP) is 3.42. The number of rotatable bonds is 7. The molecule has 0 bridgehead atoms. The summed E-state index contributed by atoms with van der Waals surface area (Å²) in [6.07, 6.45) is 0. The fraction of sp³-hybridized carbons (Fsp3) is 0.391. The molecule has 3 rings (SSSR count). The van der Waals surface area contributed by atoms with Crippen LogP contribution in [0.15, 0.2) is 48.5 Å². The van der Waals surface area contributed by atoms with Crippen molar-refractivity contribution >= 4 is 17.3 Å². The van der Waals surface area contributed by atoms with Gasteiger partial charge in [0.25, 0.3) is 0 Å². The molecule has 6 nitrogen and oxygen atoms in total. The van der Waals surface area contributed by atoms with Gasteiger partial charge in [0, 0.05) is 30.5 Å². The number of hydrogen-bond acceptors (Lipinski definition) is 5. The Morgan fingerprint density at radius 3 is 2.41 bits per heavy atom. The maximum Gasteiger partial charge on any atom is 0.238 e. The van der Waals surface area contributed by atoms with Gasteiger partial charge in [0.1, 0.15) is 0 Å². The molecule has 0 aromatic heterocycles. The first-order valence-electron chi connectivity index (χ1n) is 10.1. The van der Waals surface area contributed by atoms with Crippen LogP contribution in [0.1, 0.15) is 31.0 Å². The van der Waals surface area contributed by atoms with Gasteiger partial charge in [-0.3, -0.25) is 9.69 Å². The minimum atomic E-state index is -0.0357. The van der Waals surface area contributed by atoms with Crippen LogP contribution in [-0.4, -0.2) is 50.2 Å². The summed E-state index contributed by atoms with van der Waals surface area (Å²) in [4.78, 5) is 17.0. The first-order chi connectivity index (χ1) is 14.1. The number of ether oxygens (including phenoxy) is 1. The van der Waals surface area contributed by atoms with Crippen molar-refractivity contribution in [1.82, 2.24) is 4.90 Å². The summed E-state index contributed by atoms with van der Waals surface area (Å²) in [6.45, 7) is 8.48. The largest absolute Gasteiger partial charge is 0.378 e. The summed E-state index contributed by atoms with van der Waals surface area (Å²) < 4.78 is 5.39. The van der Waals surface area contributed by atoms with Crippen molar-refractivity contribution in [2.75, 3.05) is 49.6 Å². The average molecular weight is 393 g/mol. The van der Waals surface area contributed by atoms with Gasteiger partial charge < -0.3 is 15.0 Å². The zero-order valence-corrected chi connectivity index (χ0v) is 17.1. The molecule has 0 radical (unpaired) electrons. The molecule has 1 aliphatic heterocycles. The Bertz CT molecular complexity index is 837. The van der Waals surface area contributed by atoms with Crippen molar-refractivity contribution < 1.29 is 9.53 Å². The maximum atomic E-state index is 12.6. The summed E-state index contributed by atoms with van der Waals surface area (Å²) in [6, 6.07) is 17.7. The van der Waals surface area contributed by atoms with Gasteiger partial charge in [0.05, 0.1) is 31.4 Å². The molecule has 1 fully saturated rings. The van der Waals surface area contributed by atoms with E-state index in [4.69, 9.17) is 10.00 Å². The Hall–Kier alpha value is -2.88. The molecule has 1 heterocycles. The molecule has 0 saturated carbocycles. The van der Waals surface area contributed by atoms with Gasteiger partial charge in [-0.2, -0.15) is 5.26 Å². The highest BCUT2D eigenvalue weighted by Crippen LogP contribution is 2.21. The predicted molar refractivity (Wildman–Crippen MR) is 115 cm³/mol. The number of nitrogens with zero attached hydrogens (tertiary/aromatic N) is 3. The third kappa shape index (κ3) is 5.57. The molecule has 1 atom stereocenters. The number of morpholine rings is 1. The molecule has 6 heteroatoms. The number of anilines is 2.